The van der Waals surface area contributed by atoms with E-state index >= 15 is 0 Å². The van der Waals surface area contributed by atoms with Gasteiger partial charge in [0.2, 0.25) is 0 Å². The van der Waals surface area contributed by atoms with Gasteiger partial charge >= 0.3 is 5.69 Å². The molecule has 0 amide bonds. The highest BCUT2D eigenvalue weighted by molar-refractivity contribution is 7.92. The second kappa shape index (κ2) is 7.55. The third-order valence-electron chi connectivity index (χ3n) is 4.42. The monoisotopic (exact) mass is 416 g/mol. The summed E-state index contributed by atoms with van der Waals surface area (Å²) in [6.07, 6.45) is 0. The van der Waals surface area contributed by atoms with Crippen LogP contribution in [0.4, 0.5) is 11.4 Å². The molecule has 0 atom stereocenters. The van der Waals surface area contributed by atoms with Gasteiger partial charge in [-0.15, -0.1) is 0 Å². The molecule has 0 unspecified atom stereocenters. The average Bonchev–Trinajstić information content (AvgIpc) is 2.95. The van der Waals surface area contributed by atoms with Gasteiger partial charge < -0.3 is 4.74 Å². The molecule has 10 heteroatoms. The zero-order valence-corrected chi connectivity index (χ0v) is 17.2. The van der Waals surface area contributed by atoms with Crippen LogP contribution in [0, 0.1) is 24.0 Å². The number of ether oxygens (including phenoxy) is 1. The Morgan fingerprint density at radius 3 is 2.21 bits per heavy atom. The molecule has 152 valence electrons. The van der Waals surface area contributed by atoms with Crippen molar-refractivity contribution in [3.63, 3.8) is 0 Å². The zero-order chi connectivity index (χ0) is 21.3. The molecule has 0 bridgehead atoms. The lowest BCUT2D eigenvalue weighted by atomic mass is 10.2. The third kappa shape index (κ3) is 3.92. The summed E-state index contributed by atoms with van der Waals surface area (Å²) in [6.45, 7) is 3.41. The van der Waals surface area contributed by atoms with Crippen molar-refractivity contribution in [3.8, 4) is 11.6 Å². The van der Waals surface area contributed by atoms with Gasteiger partial charge in [-0.2, -0.15) is 5.10 Å². The molecule has 3 aromatic rings. The lowest BCUT2D eigenvalue weighted by Crippen LogP contribution is -2.26. The number of anilines is 1. The van der Waals surface area contributed by atoms with E-state index in [4.69, 9.17) is 4.74 Å². The van der Waals surface area contributed by atoms with E-state index in [-0.39, 0.29) is 22.2 Å². The number of nitro groups is 1. The molecule has 0 saturated heterocycles. The molecule has 3 rings (SSSR count). The summed E-state index contributed by atoms with van der Waals surface area (Å²) in [6, 6.07) is 12.8. The van der Waals surface area contributed by atoms with Crippen LogP contribution in [0.1, 0.15) is 11.3 Å². The molecule has 1 heterocycles. The fourth-order valence-electron chi connectivity index (χ4n) is 2.79. The van der Waals surface area contributed by atoms with Crippen LogP contribution >= 0.6 is 0 Å². The predicted octanol–water partition coefficient (Wildman–Crippen LogP) is 3.56. The molecule has 29 heavy (non-hydrogen) atoms. The lowest BCUT2D eigenvalue weighted by molar-refractivity contribution is -0.386. The number of aryl methyl sites for hydroxylation is 3. The summed E-state index contributed by atoms with van der Waals surface area (Å²) in [7, 11) is -0.707. The summed E-state index contributed by atoms with van der Waals surface area (Å²) < 4.78 is 33.7. The van der Waals surface area contributed by atoms with Crippen molar-refractivity contribution in [2.75, 3.05) is 11.4 Å². The second-order valence-corrected chi connectivity index (χ2v) is 8.47. The van der Waals surface area contributed by atoms with Crippen LogP contribution in [-0.2, 0) is 17.1 Å². The van der Waals surface area contributed by atoms with Crippen LogP contribution in [0.5, 0.6) is 11.6 Å². The number of aromatic nitrogens is 2. The van der Waals surface area contributed by atoms with Gasteiger partial charge in [-0.3, -0.25) is 14.4 Å². The molecule has 0 saturated carbocycles. The summed E-state index contributed by atoms with van der Waals surface area (Å²) in [5, 5.41) is 15.3. The highest BCUT2D eigenvalue weighted by Crippen LogP contribution is 2.34. The number of hydrogen-bond donors (Lipinski definition) is 0. The van der Waals surface area contributed by atoms with Crippen molar-refractivity contribution in [2.24, 2.45) is 7.05 Å². The highest BCUT2D eigenvalue weighted by Gasteiger charge is 2.26. The molecule has 2 aromatic carbocycles. The maximum absolute atomic E-state index is 12.8. The maximum atomic E-state index is 12.8. The van der Waals surface area contributed by atoms with Crippen molar-refractivity contribution in [1.82, 2.24) is 9.78 Å². The van der Waals surface area contributed by atoms with Gasteiger partial charge in [0.05, 0.1) is 15.5 Å². The second-order valence-electron chi connectivity index (χ2n) is 6.50. The van der Waals surface area contributed by atoms with Gasteiger partial charge in [0, 0.05) is 14.1 Å². The minimum absolute atomic E-state index is 0.000816. The van der Waals surface area contributed by atoms with Crippen molar-refractivity contribution in [1.29, 1.82) is 0 Å². The molecular formula is C19H20N4O5S. The third-order valence-corrected chi connectivity index (χ3v) is 6.22. The first kappa shape index (κ1) is 20.3. The van der Waals surface area contributed by atoms with Crippen LogP contribution in [0.3, 0.4) is 0 Å². The Balaban J connectivity index is 1.86. The van der Waals surface area contributed by atoms with E-state index in [9.17, 15) is 18.5 Å². The minimum atomic E-state index is -3.71. The van der Waals surface area contributed by atoms with Crippen LogP contribution in [0.25, 0.3) is 0 Å². The first-order chi connectivity index (χ1) is 13.6. The summed E-state index contributed by atoms with van der Waals surface area (Å²) in [4.78, 5) is 10.9. The van der Waals surface area contributed by atoms with E-state index in [0.717, 1.165) is 9.87 Å². The zero-order valence-electron chi connectivity index (χ0n) is 16.4. The predicted molar refractivity (Wildman–Crippen MR) is 108 cm³/mol. The van der Waals surface area contributed by atoms with Gasteiger partial charge in [0.25, 0.3) is 15.9 Å². The molecule has 0 N–H and O–H groups in total. The van der Waals surface area contributed by atoms with E-state index in [0.29, 0.717) is 11.4 Å². The van der Waals surface area contributed by atoms with E-state index in [1.165, 1.54) is 18.7 Å². The normalized spacial score (nSPS) is 11.3. The van der Waals surface area contributed by atoms with E-state index in [1.54, 1.807) is 55.6 Å². The van der Waals surface area contributed by atoms with Gasteiger partial charge in [0.15, 0.2) is 0 Å². The Morgan fingerprint density at radius 2 is 1.66 bits per heavy atom. The Bertz CT molecular complexity index is 1150. The lowest BCUT2D eigenvalue weighted by Gasteiger charge is -2.20. The quantitative estimate of drug-likeness (QED) is 0.449. The molecule has 0 spiro atoms. The molecule has 0 aliphatic rings. The highest BCUT2D eigenvalue weighted by atomic mass is 32.2. The average molecular weight is 416 g/mol. The fraction of sp³-hybridized carbons (Fsp3) is 0.211. The fourth-order valence-corrected chi connectivity index (χ4v) is 3.99. The summed E-state index contributed by atoms with van der Waals surface area (Å²) in [5.74, 6) is 0.321. The standard InChI is InChI=1S/C19H20N4O5S/c1-13-5-11-17(12-6-13)29(26,27)22(4)15-7-9-16(10-8-15)28-19-18(23(24)25)14(2)20-21(19)3/h5-12H,1-4H3. The van der Waals surface area contributed by atoms with E-state index in [2.05, 4.69) is 5.10 Å². The first-order valence-electron chi connectivity index (χ1n) is 8.63. The molecule has 0 fully saturated rings. The van der Waals surface area contributed by atoms with Gasteiger partial charge in [-0.05, 0) is 50.2 Å². The Labute approximate surface area is 168 Å². The van der Waals surface area contributed by atoms with Crippen molar-refractivity contribution >= 4 is 21.4 Å². The number of rotatable bonds is 6. The topological polar surface area (TPSA) is 108 Å². The molecule has 0 aliphatic heterocycles. The minimum Gasteiger partial charge on any atom is -0.434 e. The Hall–Kier alpha value is -3.40. The molecule has 9 nitrogen and oxygen atoms in total. The summed E-state index contributed by atoms with van der Waals surface area (Å²) in [5.41, 5.74) is 1.42. The molecule has 0 radical (unpaired) electrons. The number of hydrogen-bond acceptors (Lipinski definition) is 6. The summed E-state index contributed by atoms with van der Waals surface area (Å²) >= 11 is 0. The molecule has 1 aromatic heterocycles. The van der Waals surface area contributed by atoms with Crippen LogP contribution in [0.15, 0.2) is 53.4 Å². The first-order valence-corrected chi connectivity index (χ1v) is 10.1. The Morgan fingerprint density at radius 1 is 1.07 bits per heavy atom. The van der Waals surface area contributed by atoms with Gasteiger partial charge in [0.1, 0.15) is 11.4 Å². The van der Waals surface area contributed by atoms with Crippen LogP contribution in [0.2, 0.25) is 0 Å². The van der Waals surface area contributed by atoms with Crippen molar-refractivity contribution < 1.29 is 18.1 Å². The van der Waals surface area contributed by atoms with E-state index < -0.39 is 14.9 Å². The maximum Gasteiger partial charge on any atom is 0.353 e. The smallest absolute Gasteiger partial charge is 0.353 e. The van der Waals surface area contributed by atoms with Crippen molar-refractivity contribution in [3.05, 3.63) is 69.9 Å². The van der Waals surface area contributed by atoms with Crippen LogP contribution in [-0.4, -0.2) is 30.2 Å². The van der Waals surface area contributed by atoms with Gasteiger partial charge in [-0.1, -0.05) is 17.7 Å². The number of benzene rings is 2. The van der Waals surface area contributed by atoms with Gasteiger partial charge in [-0.25, -0.2) is 13.1 Å². The number of nitrogens with zero attached hydrogens (tertiary/aromatic N) is 4. The largest absolute Gasteiger partial charge is 0.434 e. The SMILES string of the molecule is Cc1ccc(S(=O)(=O)N(C)c2ccc(Oc3c([N+](=O)[O-])c(C)nn3C)cc2)cc1. The molecular weight excluding hydrogens is 396 g/mol. The Kier molecular flexibility index (Phi) is 5.29. The van der Waals surface area contributed by atoms with Crippen LogP contribution < -0.4 is 9.04 Å². The van der Waals surface area contributed by atoms with E-state index in [1.807, 2.05) is 6.92 Å². The molecule has 0 aliphatic carbocycles. The van der Waals surface area contributed by atoms with Crippen molar-refractivity contribution in [2.45, 2.75) is 18.7 Å². The number of sulfonamides is 1.